The van der Waals surface area contributed by atoms with Gasteiger partial charge in [0.15, 0.2) is 0 Å². The Morgan fingerprint density at radius 3 is 2.31 bits per heavy atom. The number of hydrogen-bond acceptors (Lipinski definition) is 2. The van der Waals surface area contributed by atoms with Gasteiger partial charge in [-0.2, -0.15) is 0 Å². The van der Waals surface area contributed by atoms with Crippen LogP contribution >= 0.6 is 0 Å². The molecule has 0 bridgehead atoms. The minimum absolute atomic E-state index is 0.113. The van der Waals surface area contributed by atoms with Gasteiger partial charge in [0.05, 0.1) is 12.1 Å². The van der Waals surface area contributed by atoms with Crippen molar-refractivity contribution in [2.45, 2.75) is 39.8 Å². The van der Waals surface area contributed by atoms with Crippen molar-refractivity contribution in [1.29, 1.82) is 0 Å². The molecule has 0 rings (SSSR count). The Morgan fingerprint density at radius 2 is 2.00 bits per heavy atom. The second kappa shape index (κ2) is 5.80. The molecule has 0 heterocycles. The molecule has 0 fully saturated rings. The third kappa shape index (κ3) is 3.63. The minimum atomic E-state index is -0.498. The summed E-state index contributed by atoms with van der Waals surface area (Å²) in [6.45, 7) is 8.52. The zero-order chi connectivity index (χ0) is 10.4. The summed E-state index contributed by atoms with van der Waals surface area (Å²) in [7, 11) is 0. The first-order valence-electron chi connectivity index (χ1n) is 4.77. The SMILES string of the molecule is CCNC(=O)N(CC)C(C)C(C)O. The highest BCUT2D eigenvalue weighted by atomic mass is 16.3. The van der Waals surface area contributed by atoms with Crippen LogP contribution in [0.25, 0.3) is 0 Å². The second-order valence-corrected chi connectivity index (χ2v) is 3.10. The largest absolute Gasteiger partial charge is 0.391 e. The number of aliphatic hydroxyl groups excluding tert-OH is 1. The van der Waals surface area contributed by atoms with Gasteiger partial charge in [0.1, 0.15) is 0 Å². The van der Waals surface area contributed by atoms with Crippen molar-refractivity contribution in [2.24, 2.45) is 0 Å². The molecule has 78 valence electrons. The number of rotatable bonds is 4. The van der Waals surface area contributed by atoms with Gasteiger partial charge >= 0.3 is 6.03 Å². The first kappa shape index (κ1) is 12.2. The Morgan fingerprint density at radius 1 is 1.46 bits per heavy atom. The van der Waals surface area contributed by atoms with Crippen LogP contribution in [0.4, 0.5) is 4.79 Å². The highest BCUT2D eigenvalue weighted by molar-refractivity contribution is 5.74. The van der Waals surface area contributed by atoms with E-state index in [4.69, 9.17) is 0 Å². The summed E-state index contributed by atoms with van der Waals surface area (Å²) >= 11 is 0. The van der Waals surface area contributed by atoms with Crippen LogP contribution in [0.3, 0.4) is 0 Å². The Hall–Kier alpha value is -0.770. The summed E-state index contributed by atoms with van der Waals surface area (Å²) in [5.41, 5.74) is 0. The molecule has 0 spiro atoms. The fourth-order valence-electron chi connectivity index (χ4n) is 1.13. The Balaban J connectivity index is 4.23. The number of nitrogens with zero attached hydrogens (tertiary/aromatic N) is 1. The number of likely N-dealkylation sites (N-methyl/N-ethyl adjacent to an activating group) is 1. The lowest BCUT2D eigenvalue weighted by Crippen LogP contribution is -2.48. The van der Waals surface area contributed by atoms with Gasteiger partial charge in [0, 0.05) is 13.1 Å². The van der Waals surface area contributed by atoms with Crippen LogP contribution in [0.2, 0.25) is 0 Å². The van der Waals surface area contributed by atoms with Gasteiger partial charge in [-0.05, 0) is 27.7 Å². The Labute approximate surface area is 79.9 Å². The fraction of sp³-hybridized carbons (Fsp3) is 0.889. The molecule has 0 aromatic heterocycles. The summed E-state index contributed by atoms with van der Waals surface area (Å²) in [5.74, 6) is 0. The van der Waals surface area contributed by atoms with Gasteiger partial charge < -0.3 is 15.3 Å². The maximum atomic E-state index is 11.4. The van der Waals surface area contributed by atoms with Crippen molar-refractivity contribution < 1.29 is 9.90 Å². The smallest absolute Gasteiger partial charge is 0.317 e. The monoisotopic (exact) mass is 188 g/mol. The highest BCUT2D eigenvalue weighted by Gasteiger charge is 2.20. The fourth-order valence-corrected chi connectivity index (χ4v) is 1.13. The number of urea groups is 1. The normalized spacial score (nSPS) is 14.8. The number of aliphatic hydroxyl groups is 1. The maximum absolute atomic E-state index is 11.4. The average molecular weight is 188 g/mol. The molecule has 0 aromatic carbocycles. The van der Waals surface area contributed by atoms with Gasteiger partial charge in [0.2, 0.25) is 0 Å². The lowest BCUT2D eigenvalue weighted by Gasteiger charge is -2.29. The van der Waals surface area contributed by atoms with Crippen molar-refractivity contribution >= 4 is 6.03 Å². The van der Waals surface area contributed by atoms with Crippen LogP contribution in [-0.2, 0) is 0 Å². The quantitative estimate of drug-likeness (QED) is 0.686. The molecule has 0 aliphatic rings. The first-order valence-corrected chi connectivity index (χ1v) is 4.77. The number of hydrogen-bond donors (Lipinski definition) is 2. The van der Waals surface area contributed by atoms with E-state index >= 15 is 0 Å². The average Bonchev–Trinajstić information content (AvgIpc) is 2.05. The predicted molar refractivity (Wildman–Crippen MR) is 52.6 cm³/mol. The van der Waals surface area contributed by atoms with Gasteiger partial charge in [-0.3, -0.25) is 0 Å². The molecule has 0 saturated heterocycles. The van der Waals surface area contributed by atoms with E-state index in [0.717, 1.165) is 0 Å². The Kier molecular flexibility index (Phi) is 5.46. The van der Waals surface area contributed by atoms with E-state index in [9.17, 15) is 9.90 Å². The maximum Gasteiger partial charge on any atom is 0.317 e. The van der Waals surface area contributed by atoms with Crippen molar-refractivity contribution in [3.63, 3.8) is 0 Å². The number of carbonyl (C=O) groups is 1. The van der Waals surface area contributed by atoms with E-state index in [1.54, 1.807) is 11.8 Å². The van der Waals surface area contributed by atoms with E-state index in [2.05, 4.69) is 5.32 Å². The van der Waals surface area contributed by atoms with Crippen LogP contribution in [0.15, 0.2) is 0 Å². The summed E-state index contributed by atoms with van der Waals surface area (Å²) < 4.78 is 0. The molecule has 2 atom stereocenters. The van der Waals surface area contributed by atoms with E-state index in [1.165, 1.54) is 0 Å². The van der Waals surface area contributed by atoms with E-state index in [-0.39, 0.29) is 12.1 Å². The van der Waals surface area contributed by atoms with Crippen molar-refractivity contribution in [1.82, 2.24) is 10.2 Å². The molecule has 0 radical (unpaired) electrons. The van der Waals surface area contributed by atoms with Crippen LogP contribution in [0, 0.1) is 0 Å². The van der Waals surface area contributed by atoms with Gasteiger partial charge in [-0.25, -0.2) is 4.79 Å². The molecular weight excluding hydrogens is 168 g/mol. The molecule has 2 N–H and O–H groups in total. The Bertz CT molecular complexity index is 160. The van der Waals surface area contributed by atoms with Gasteiger partial charge in [0.25, 0.3) is 0 Å². The molecule has 0 aromatic rings. The predicted octanol–water partition coefficient (Wildman–Crippen LogP) is 0.807. The van der Waals surface area contributed by atoms with Crippen molar-refractivity contribution in [3.05, 3.63) is 0 Å². The van der Waals surface area contributed by atoms with E-state index in [0.29, 0.717) is 13.1 Å². The van der Waals surface area contributed by atoms with E-state index < -0.39 is 6.10 Å². The molecule has 2 unspecified atom stereocenters. The number of nitrogens with one attached hydrogen (secondary N) is 1. The van der Waals surface area contributed by atoms with Crippen LogP contribution in [0.5, 0.6) is 0 Å². The van der Waals surface area contributed by atoms with E-state index in [1.807, 2.05) is 20.8 Å². The molecule has 0 aliphatic heterocycles. The zero-order valence-corrected chi connectivity index (χ0v) is 8.87. The molecule has 2 amide bonds. The lowest BCUT2D eigenvalue weighted by atomic mass is 10.2. The summed E-state index contributed by atoms with van der Waals surface area (Å²) in [5, 5.41) is 12.0. The van der Waals surface area contributed by atoms with Crippen LogP contribution in [-0.4, -0.2) is 41.3 Å². The molecule has 13 heavy (non-hydrogen) atoms. The van der Waals surface area contributed by atoms with Crippen LogP contribution < -0.4 is 5.32 Å². The van der Waals surface area contributed by atoms with Gasteiger partial charge in [-0.1, -0.05) is 0 Å². The molecular formula is C9H20N2O2. The molecule has 4 nitrogen and oxygen atoms in total. The third-order valence-corrected chi connectivity index (χ3v) is 2.12. The zero-order valence-electron chi connectivity index (χ0n) is 8.87. The number of carbonyl (C=O) groups excluding carboxylic acids is 1. The minimum Gasteiger partial charge on any atom is -0.391 e. The molecule has 0 saturated carbocycles. The number of amides is 2. The summed E-state index contributed by atoms with van der Waals surface area (Å²) in [4.78, 5) is 13.0. The molecule has 4 heteroatoms. The van der Waals surface area contributed by atoms with Crippen LogP contribution in [0.1, 0.15) is 27.7 Å². The first-order chi connectivity index (χ1) is 6.04. The van der Waals surface area contributed by atoms with Crippen molar-refractivity contribution in [3.8, 4) is 0 Å². The summed E-state index contributed by atoms with van der Waals surface area (Å²) in [6.07, 6.45) is -0.498. The highest BCUT2D eigenvalue weighted by Crippen LogP contribution is 2.03. The topological polar surface area (TPSA) is 52.6 Å². The molecule has 0 aliphatic carbocycles. The summed E-state index contributed by atoms with van der Waals surface area (Å²) in [6, 6.07) is -0.255. The third-order valence-electron chi connectivity index (χ3n) is 2.12. The van der Waals surface area contributed by atoms with Gasteiger partial charge in [-0.15, -0.1) is 0 Å². The standard InChI is InChI=1S/C9H20N2O2/c1-5-10-9(13)11(6-2)7(3)8(4)12/h7-8,12H,5-6H2,1-4H3,(H,10,13). The lowest BCUT2D eigenvalue weighted by molar-refractivity contribution is 0.0891. The second-order valence-electron chi connectivity index (χ2n) is 3.10. The van der Waals surface area contributed by atoms with Crippen molar-refractivity contribution in [2.75, 3.05) is 13.1 Å².